The van der Waals surface area contributed by atoms with E-state index in [4.69, 9.17) is 0 Å². The highest BCUT2D eigenvalue weighted by Crippen LogP contribution is 2.36. The first-order valence-corrected chi connectivity index (χ1v) is 13.4. The Morgan fingerprint density at radius 3 is 1.05 bits per heavy atom. The largest absolute Gasteiger partial charge is 0.135 e. The van der Waals surface area contributed by atoms with Crippen molar-refractivity contribution in [3.8, 4) is 43.1 Å². The summed E-state index contributed by atoms with van der Waals surface area (Å²) in [7, 11) is 0. The fourth-order valence-corrected chi connectivity index (χ4v) is 6.06. The van der Waals surface area contributed by atoms with Crippen LogP contribution in [0.4, 0.5) is 0 Å². The summed E-state index contributed by atoms with van der Waals surface area (Å²) in [6, 6.07) is 52.8. The number of fused-ring (bicyclic) bond motifs is 2. The molecule has 6 aromatic carbocycles. The molecule has 0 amide bonds. The molecule has 0 bridgehead atoms. The Bertz CT molecular complexity index is 1720. The van der Waals surface area contributed by atoms with E-state index in [1.807, 2.05) is 11.3 Å². The van der Waals surface area contributed by atoms with Crippen molar-refractivity contribution in [1.29, 1.82) is 0 Å². The Kier molecular flexibility index (Phi) is 5.42. The molecule has 0 nitrogen and oxygen atoms in total. The summed E-state index contributed by atoms with van der Waals surface area (Å²) < 4.78 is 0. The van der Waals surface area contributed by atoms with E-state index in [0.717, 1.165) is 0 Å². The van der Waals surface area contributed by atoms with Crippen LogP contribution < -0.4 is 0 Å². The molecule has 0 fully saturated rings. The smallest absolute Gasteiger partial charge is 0.0349 e. The Morgan fingerprint density at radius 1 is 0.270 bits per heavy atom. The van der Waals surface area contributed by atoms with Gasteiger partial charge in [0.15, 0.2) is 0 Å². The molecule has 0 N–H and O–H groups in total. The summed E-state index contributed by atoms with van der Waals surface area (Å²) in [6.45, 7) is 0. The van der Waals surface area contributed by atoms with Crippen LogP contribution in [-0.4, -0.2) is 0 Å². The van der Waals surface area contributed by atoms with Crippen molar-refractivity contribution < 1.29 is 0 Å². The highest BCUT2D eigenvalue weighted by atomic mass is 32.1. The Labute approximate surface area is 221 Å². The summed E-state index contributed by atoms with van der Waals surface area (Å²) in [4.78, 5) is 2.58. The first-order valence-electron chi connectivity index (χ1n) is 12.6. The molecule has 0 saturated heterocycles. The van der Waals surface area contributed by atoms with Gasteiger partial charge in [0, 0.05) is 9.75 Å². The van der Waals surface area contributed by atoms with Crippen LogP contribution >= 0.6 is 11.3 Å². The molecule has 0 saturated carbocycles. The van der Waals surface area contributed by atoms with Crippen molar-refractivity contribution >= 4 is 32.9 Å². The summed E-state index contributed by atoms with van der Waals surface area (Å²) in [6.07, 6.45) is 0. The summed E-state index contributed by atoms with van der Waals surface area (Å²) >= 11 is 1.85. The average Bonchev–Trinajstić information content (AvgIpc) is 3.47. The lowest BCUT2D eigenvalue weighted by Crippen LogP contribution is -1.80. The van der Waals surface area contributed by atoms with Crippen LogP contribution in [0.15, 0.2) is 146 Å². The Morgan fingerprint density at radius 2 is 0.622 bits per heavy atom. The lowest BCUT2D eigenvalue weighted by molar-refractivity contribution is 1.64. The second-order valence-electron chi connectivity index (χ2n) is 9.44. The molecule has 1 heterocycles. The fraction of sp³-hybridized carbons (Fsp3) is 0. The van der Waals surface area contributed by atoms with Gasteiger partial charge in [0.2, 0.25) is 0 Å². The fourth-order valence-electron chi connectivity index (χ4n) is 5.04. The van der Waals surface area contributed by atoms with E-state index in [1.165, 1.54) is 64.7 Å². The van der Waals surface area contributed by atoms with Gasteiger partial charge in [-0.1, -0.05) is 121 Å². The molecule has 37 heavy (non-hydrogen) atoms. The summed E-state index contributed by atoms with van der Waals surface area (Å²) in [5, 5.41) is 5.11. The van der Waals surface area contributed by atoms with Gasteiger partial charge in [-0.15, -0.1) is 11.3 Å². The van der Waals surface area contributed by atoms with Crippen LogP contribution in [0.3, 0.4) is 0 Å². The second-order valence-corrected chi connectivity index (χ2v) is 10.5. The van der Waals surface area contributed by atoms with Gasteiger partial charge in [0.1, 0.15) is 0 Å². The van der Waals surface area contributed by atoms with Crippen LogP contribution in [0.2, 0.25) is 0 Å². The second kappa shape index (κ2) is 9.20. The monoisotopic (exact) mass is 488 g/mol. The van der Waals surface area contributed by atoms with Crippen LogP contribution in [0, 0.1) is 0 Å². The highest BCUT2D eigenvalue weighted by molar-refractivity contribution is 7.18. The highest BCUT2D eigenvalue weighted by Gasteiger charge is 2.07. The molecule has 0 aliphatic rings. The molecule has 7 aromatic rings. The summed E-state index contributed by atoms with van der Waals surface area (Å²) in [5.41, 5.74) is 7.51. The normalized spacial score (nSPS) is 11.2. The Hall–Kier alpha value is -4.46. The number of benzene rings is 6. The van der Waals surface area contributed by atoms with Crippen LogP contribution in [0.5, 0.6) is 0 Å². The first kappa shape index (κ1) is 21.8. The van der Waals surface area contributed by atoms with Crippen molar-refractivity contribution in [2.24, 2.45) is 0 Å². The predicted octanol–water partition coefficient (Wildman–Crippen LogP) is 10.7. The predicted molar refractivity (Wildman–Crippen MR) is 161 cm³/mol. The topological polar surface area (TPSA) is 0 Å². The van der Waals surface area contributed by atoms with Gasteiger partial charge in [-0.25, -0.2) is 0 Å². The van der Waals surface area contributed by atoms with Crippen molar-refractivity contribution in [3.05, 3.63) is 146 Å². The molecule has 1 aromatic heterocycles. The van der Waals surface area contributed by atoms with Crippen molar-refractivity contribution in [2.75, 3.05) is 0 Å². The molecule has 174 valence electrons. The quantitative estimate of drug-likeness (QED) is 0.231. The third-order valence-corrected chi connectivity index (χ3v) is 8.29. The molecule has 0 unspecified atom stereocenters. The van der Waals surface area contributed by atoms with Gasteiger partial charge in [0.05, 0.1) is 0 Å². The SMILES string of the molecule is c1ccc2cc(-c3ccc(-c4ccc(-c5ccc(-c6ccc7ccccc7c6)cc5)s4)cc3)ccc2c1. The third-order valence-electron chi connectivity index (χ3n) is 7.11. The zero-order chi connectivity index (χ0) is 24.6. The van der Waals surface area contributed by atoms with Gasteiger partial charge in [-0.05, 0) is 79.2 Å². The van der Waals surface area contributed by atoms with Crippen LogP contribution in [0.1, 0.15) is 0 Å². The lowest BCUT2D eigenvalue weighted by atomic mass is 10.00. The zero-order valence-electron chi connectivity index (χ0n) is 20.3. The van der Waals surface area contributed by atoms with E-state index in [-0.39, 0.29) is 0 Å². The third kappa shape index (κ3) is 4.24. The van der Waals surface area contributed by atoms with E-state index in [9.17, 15) is 0 Å². The molecule has 0 aliphatic carbocycles. The Balaban J connectivity index is 1.12. The van der Waals surface area contributed by atoms with E-state index in [1.54, 1.807) is 0 Å². The lowest BCUT2D eigenvalue weighted by Gasteiger charge is -2.06. The van der Waals surface area contributed by atoms with Crippen LogP contribution in [0.25, 0.3) is 64.7 Å². The minimum absolute atomic E-state index is 1.25. The van der Waals surface area contributed by atoms with E-state index >= 15 is 0 Å². The molecular formula is C36H24S. The van der Waals surface area contributed by atoms with Crippen LogP contribution in [-0.2, 0) is 0 Å². The molecule has 7 rings (SSSR count). The minimum atomic E-state index is 1.25. The van der Waals surface area contributed by atoms with E-state index in [2.05, 4.69) is 146 Å². The van der Waals surface area contributed by atoms with Gasteiger partial charge >= 0.3 is 0 Å². The average molecular weight is 489 g/mol. The number of rotatable bonds is 4. The van der Waals surface area contributed by atoms with Gasteiger partial charge in [-0.3, -0.25) is 0 Å². The van der Waals surface area contributed by atoms with E-state index < -0.39 is 0 Å². The van der Waals surface area contributed by atoms with Gasteiger partial charge < -0.3 is 0 Å². The van der Waals surface area contributed by atoms with Crippen molar-refractivity contribution in [2.45, 2.75) is 0 Å². The summed E-state index contributed by atoms with van der Waals surface area (Å²) in [5.74, 6) is 0. The number of thiophene rings is 1. The molecule has 0 spiro atoms. The minimum Gasteiger partial charge on any atom is -0.135 e. The standard InChI is InChI=1S/C36H24S/c1-3-7-31-23-33(19-13-25(31)5-1)27-9-15-29(16-10-27)35-21-22-36(37-35)30-17-11-28(12-18-30)34-20-14-26-6-2-4-8-32(26)24-34/h1-24H. The molecular weight excluding hydrogens is 464 g/mol. The van der Waals surface area contributed by atoms with Gasteiger partial charge in [-0.2, -0.15) is 0 Å². The number of hydrogen-bond acceptors (Lipinski definition) is 1. The molecule has 0 aliphatic heterocycles. The van der Waals surface area contributed by atoms with Crippen molar-refractivity contribution in [3.63, 3.8) is 0 Å². The first-order chi connectivity index (χ1) is 18.3. The van der Waals surface area contributed by atoms with Gasteiger partial charge in [0.25, 0.3) is 0 Å². The maximum absolute atomic E-state index is 2.27. The molecule has 0 atom stereocenters. The molecule has 0 radical (unpaired) electrons. The van der Waals surface area contributed by atoms with Crippen molar-refractivity contribution in [1.82, 2.24) is 0 Å². The number of hydrogen-bond donors (Lipinski definition) is 0. The maximum atomic E-state index is 2.27. The zero-order valence-corrected chi connectivity index (χ0v) is 21.1. The van der Waals surface area contributed by atoms with E-state index in [0.29, 0.717) is 0 Å². The molecule has 1 heteroatoms. The maximum Gasteiger partial charge on any atom is 0.0349 e.